The first-order valence-corrected chi connectivity index (χ1v) is 7.89. The SMILES string of the molecule is O=C1Cc2ccc(F)cc2C[C@H]1C1=Cc2ccc(F)cc2CC1. The molecule has 1 atom stereocenters. The van der Waals surface area contributed by atoms with E-state index in [4.69, 9.17) is 0 Å². The van der Waals surface area contributed by atoms with Crippen molar-refractivity contribution in [1.82, 2.24) is 0 Å². The summed E-state index contributed by atoms with van der Waals surface area (Å²) in [5, 5.41) is 0. The van der Waals surface area contributed by atoms with Gasteiger partial charge in [0.2, 0.25) is 0 Å². The van der Waals surface area contributed by atoms with E-state index in [-0.39, 0.29) is 23.3 Å². The number of aryl methyl sites for hydroxylation is 1. The van der Waals surface area contributed by atoms with Gasteiger partial charge < -0.3 is 0 Å². The van der Waals surface area contributed by atoms with Crippen molar-refractivity contribution < 1.29 is 13.6 Å². The third-order valence-corrected chi connectivity index (χ3v) is 4.92. The lowest BCUT2D eigenvalue weighted by atomic mass is 9.75. The van der Waals surface area contributed by atoms with Gasteiger partial charge in [0, 0.05) is 12.3 Å². The zero-order valence-corrected chi connectivity index (χ0v) is 12.6. The summed E-state index contributed by atoms with van der Waals surface area (Å²) < 4.78 is 26.8. The number of ketones is 1. The number of carbonyl (C=O) groups excluding carboxylic acids is 1. The summed E-state index contributed by atoms with van der Waals surface area (Å²) in [6, 6.07) is 9.46. The molecule has 2 aromatic carbocycles. The standard InChI is InChI=1S/C20H16F2O/c21-17-5-3-12-7-15(2-1-13(12)8-17)19-10-16-9-18(22)6-4-14(16)11-20(19)23/h3-9,19H,1-2,10-11H2/t19-/m0/s1. The van der Waals surface area contributed by atoms with E-state index in [1.54, 1.807) is 24.3 Å². The minimum atomic E-state index is -0.254. The summed E-state index contributed by atoms with van der Waals surface area (Å²) in [6.45, 7) is 0. The number of hydrogen-bond donors (Lipinski definition) is 0. The predicted octanol–water partition coefficient (Wildman–Crippen LogP) is 4.28. The largest absolute Gasteiger partial charge is 0.299 e. The predicted molar refractivity (Wildman–Crippen MR) is 85.0 cm³/mol. The van der Waals surface area contributed by atoms with Crippen LogP contribution in [-0.4, -0.2) is 5.78 Å². The van der Waals surface area contributed by atoms with Crippen LogP contribution in [0.15, 0.2) is 42.0 Å². The van der Waals surface area contributed by atoms with Crippen LogP contribution in [0, 0.1) is 17.6 Å². The van der Waals surface area contributed by atoms with Crippen molar-refractivity contribution in [1.29, 1.82) is 0 Å². The van der Waals surface area contributed by atoms with Gasteiger partial charge in [0.25, 0.3) is 0 Å². The van der Waals surface area contributed by atoms with Crippen LogP contribution in [0.2, 0.25) is 0 Å². The maximum atomic E-state index is 13.5. The summed E-state index contributed by atoms with van der Waals surface area (Å²) in [5.74, 6) is -0.461. The Morgan fingerprint density at radius 1 is 0.870 bits per heavy atom. The van der Waals surface area contributed by atoms with Crippen LogP contribution in [-0.2, 0) is 24.1 Å². The second-order valence-corrected chi connectivity index (χ2v) is 6.38. The normalized spacial score (nSPS) is 19.8. The number of fused-ring (bicyclic) bond motifs is 2. The summed E-state index contributed by atoms with van der Waals surface area (Å²) in [4.78, 5) is 12.5. The average molecular weight is 310 g/mol. The van der Waals surface area contributed by atoms with Crippen molar-refractivity contribution in [3.05, 3.63) is 75.9 Å². The molecule has 0 radical (unpaired) electrons. The van der Waals surface area contributed by atoms with Gasteiger partial charge in [0.15, 0.2) is 0 Å². The first-order chi connectivity index (χ1) is 11.1. The minimum Gasteiger partial charge on any atom is -0.299 e. The van der Waals surface area contributed by atoms with Crippen molar-refractivity contribution in [2.45, 2.75) is 25.7 Å². The van der Waals surface area contributed by atoms with Gasteiger partial charge in [-0.05, 0) is 65.8 Å². The monoisotopic (exact) mass is 310 g/mol. The molecule has 2 aromatic rings. The van der Waals surface area contributed by atoms with Crippen LogP contribution in [0.1, 0.15) is 28.7 Å². The van der Waals surface area contributed by atoms with Gasteiger partial charge in [-0.2, -0.15) is 0 Å². The molecule has 0 aliphatic heterocycles. The Kier molecular flexibility index (Phi) is 3.37. The van der Waals surface area contributed by atoms with Gasteiger partial charge in [-0.1, -0.05) is 23.8 Å². The molecule has 0 fully saturated rings. The Morgan fingerprint density at radius 3 is 2.43 bits per heavy atom. The molecule has 3 heteroatoms. The van der Waals surface area contributed by atoms with Crippen molar-refractivity contribution in [3.63, 3.8) is 0 Å². The highest BCUT2D eigenvalue weighted by Crippen LogP contribution is 2.34. The van der Waals surface area contributed by atoms with Crippen LogP contribution in [0.5, 0.6) is 0 Å². The van der Waals surface area contributed by atoms with Crippen LogP contribution < -0.4 is 0 Å². The molecule has 0 aromatic heterocycles. The van der Waals surface area contributed by atoms with E-state index in [9.17, 15) is 13.6 Å². The van der Waals surface area contributed by atoms with E-state index in [0.717, 1.165) is 40.7 Å². The number of hydrogen-bond acceptors (Lipinski definition) is 1. The Labute approximate surface area is 133 Å². The fourth-order valence-electron chi connectivity index (χ4n) is 3.70. The fourth-order valence-corrected chi connectivity index (χ4v) is 3.70. The van der Waals surface area contributed by atoms with Crippen molar-refractivity contribution in [2.75, 3.05) is 0 Å². The first-order valence-electron chi connectivity index (χ1n) is 7.89. The molecule has 2 aliphatic rings. The molecule has 116 valence electrons. The lowest BCUT2D eigenvalue weighted by Crippen LogP contribution is -2.28. The van der Waals surface area contributed by atoms with E-state index >= 15 is 0 Å². The zero-order valence-electron chi connectivity index (χ0n) is 12.6. The van der Waals surface area contributed by atoms with E-state index in [2.05, 4.69) is 0 Å². The van der Waals surface area contributed by atoms with Gasteiger partial charge >= 0.3 is 0 Å². The van der Waals surface area contributed by atoms with E-state index in [0.29, 0.717) is 12.8 Å². The molecule has 23 heavy (non-hydrogen) atoms. The Morgan fingerprint density at radius 2 is 1.61 bits per heavy atom. The lowest BCUT2D eigenvalue weighted by Gasteiger charge is -2.28. The number of benzene rings is 2. The maximum absolute atomic E-state index is 13.5. The highest BCUT2D eigenvalue weighted by molar-refractivity contribution is 5.89. The maximum Gasteiger partial charge on any atom is 0.144 e. The first kappa shape index (κ1) is 14.3. The summed E-state index contributed by atoms with van der Waals surface area (Å²) >= 11 is 0. The topological polar surface area (TPSA) is 17.1 Å². The van der Waals surface area contributed by atoms with E-state index in [1.165, 1.54) is 12.1 Å². The molecule has 0 saturated heterocycles. The number of carbonyl (C=O) groups is 1. The molecule has 0 N–H and O–H groups in total. The van der Waals surface area contributed by atoms with Crippen LogP contribution in [0.4, 0.5) is 8.78 Å². The molecule has 4 rings (SSSR count). The molecular formula is C20H16F2O. The number of rotatable bonds is 1. The second-order valence-electron chi connectivity index (χ2n) is 6.38. The third kappa shape index (κ3) is 2.61. The van der Waals surface area contributed by atoms with Crippen molar-refractivity contribution in [2.24, 2.45) is 5.92 Å². The van der Waals surface area contributed by atoms with Gasteiger partial charge in [-0.25, -0.2) is 8.78 Å². The Bertz CT molecular complexity index is 836. The second kappa shape index (κ2) is 5.41. The minimum absolute atomic E-state index is 0.178. The van der Waals surface area contributed by atoms with Gasteiger partial charge in [0.1, 0.15) is 17.4 Å². The van der Waals surface area contributed by atoms with E-state index in [1.807, 2.05) is 6.08 Å². The smallest absolute Gasteiger partial charge is 0.144 e. The summed E-state index contributed by atoms with van der Waals surface area (Å²) in [6.07, 6.45) is 4.46. The lowest BCUT2D eigenvalue weighted by molar-refractivity contribution is -0.121. The van der Waals surface area contributed by atoms with Gasteiger partial charge in [-0.3, -0.25) is 4.79 Å². The average Bonchev–Trinajstić information content (AvgIpc) is 2.54. The fraction of sp³-hybridized carbons (Fsp3) is 0.250. The molecule has 0 bridgehead atoms. The molecule has 0 heterocycles. The van der Waals surface area contributed by atoms with Crippen molar-refractivity contribution >= 4 is 11.9 Å². The molecule has 2 aliphatic carbocycles. The molecule has 1 nitrogen and oxygen atoms in total. The quantitative estimate of drug-likeness (QED) is 0.768. The third-order valence-electron chi connectivity index (χ3n) is 4.92. The summed E-state index contributed by atoms with van der Waals surface area (Å²) in [7, 11) is 0. The Hall–Kier alpha value is -2.29. The van der Waals surface area contributed by atoms with Gasteiger partial charge in [-0.15, -0.1) is 0 Å². The highest BCUT2D eigenvalue weighted by atomic mass is 19.1. The molecule has 0 unspecified atom stereocenters. The van der Waals surface area contributed by atoms with E-state index < -0.39 is 0 Å². The Balaban J connectivity index is 1.68. The highest BCUT2D eigenvalue weighted by Gasteiger charge is 2.30. The molecular weight excluding hydrogens is 294 g/mol. The van der Waals surface area contributed by atoms with Gasteiger partial charge in [0.05, 0.1) is 0 Å². The number of Topliss-reactive ketones (excluding diaryl/α,β-unsaturated/α-hetero) is 1. The molecule has 0 amide bonds. The number of allylic oxidation sites excluding steroid dienone is 1. The van der Waals surface area contributed by atoms with Crippen molar-refractivity contribution in [3.8, 4) is 0 Å². The summed E-state index contributed by atoms with van der Waals surface area (Å²) in [5.41, 5.74) is 4.94. The number of halogens is 2. The zero-order chi connectivity index (χ0) is 16.0. The molecule has 0 saturated carbocycles. The van der Waals surface area contributed by atoms with Crippen LogP contribution in [0.3, 0.4) is 0 Å². The molecule has 0 spiro atoms. The van der Waals surface area contributed by atoms with Crippen LogP contribution in [0.25, 0.3) is 6.08 Å². The van der Waals surface area contributed by atoms with Crippen LogP contribution >= 0.6 is 0 Å².